The lowest BCUT2D eigenvalue weighted by Gasteiger charge is -2.29. The van der Waals surface area contributed by atoms with Crippen molar-refractivity contribution in [3.05, 3.63) is 112 Å². The minimum Gasteiger partial charge on any atom is -0.374 e. The van der Waals surface area contributed by atoms with E-state index in [4.69, 9.17) is 4.74 Å². The van der Waals surface area contributed by atoms with E-state index in [1.807, 2.05) is 36.4 Å². The minimum absolute atomic E-state index is 0.0864. The average Bonchev–Trinajstić information content (AvgIpc) is 2.93. The quantitative estimate of drug-likeness (QED) is 0.389. The molecule has 0 unspecified atom stereocenters. The van der Waals surface area contributed by atoms with Gasteiger partial charge in [-0.15, -0.1) is 0 Å². The summed E-state index contributed by atoms with van der Waals surface area (Å²) < 4.78 is 7.70. The standard InChI is InChI=1S/C30H31N3O3/c34-29(32-25-12-14-26(15-13-25)36-20-23-9-5-2-6-10-23)24-11-16-27-28(19-24)31-21-33(30(27)35)18-17-22-7-3-1-4-8-22/h1-11,16,19,21,25-26H,12-15,17-18,20H2,(H,32,34). The summed E-state index contributed by atoms with van der Waals surface area (Å²) in [5.74, 6) is -0.124. The highest BCUT2D eigenvalue weighted by molar-refractivity contribution is 5.97. The first kappa shape index (κ1) is 23.9. The number of fused-ring (bicyclic) bond motifs is 1. The van der Waals surface area contributed by atoms with Gasteiger partial charge >= 0.3 is 0 Å². The van der Waals surface area contributed by atoms with Gasteiger partial charge in [0.1, 0.15) is 0 Å². The molecule has 1 amide bonds. The van der Waals surface area contributed by atoms with Crippen molar-refractivity contribution in [1.29, 1.82) is 0 Å². The van der Waals surface area contributed by atoms with Crippen LogP contribution in [0.4, 0.5) is 0 Å². The molecule has 36 heavy (non-hydrogen) atoms. The number of nitrogens with zero attached hydrogens (tertiary/aromatic N) is 2. The molecule has 1 saturated carbocycles. The maximum atomic E-state index is 12.9. The highest BCUT2D eigenvalue weighted by atomic mass is 16.5. The van der Waals surface area contributed by atoms with Crippen LogP contribution in [0.2, 0.25) is 0 Å². The first-order chi connectivity index (χ1) is 17.7. The number of amides is 1. The molecule has 0 radical (unpaired) electrons. The Bertz CT molecular complexity index is 1360. The molecule has 3 aromatic carbocycles. The fraction of sp³-hybridized carbons (Fsp3) is 0.300. The molecular weight excluding hydrogens is 450 g/mol. The zero-order valence-corrected chi connectivity index (χ0v) is 20.3. The topological polar surface area (TPSA) is 73.2 Å². The lowest BCUT2D eigenvalue weighted by Crippen LogP contribution is -2.39. The van der Waals surface area contributed by atoms with Gasteiger partial charge in [0.05, 0.1) is 29.9 Å². The number of benzene rings is 3. The number of hydrogen-bond acceptors (Lipinski definition) is 4. The second-order valence-corrected chi connectivity index (χ2v) is 9.45. The molecule has 0 spiro atoms. The van der Waals surface area contributed by atoms with Crippen molar-refractivity contribution >= 4 is 16.8 Å². The second kappa shape index (κ2) is 11.3. The Kier molecular flexibility index (Phi) is 7.52. The molecule has 1 aromatic heterocycles. The number of carbonyl (C=O) groups excluding carboxylic acids is 1. The van der Waals surface area contributed by atoms with Crippen LogP contribution in [0.3, 0.4) is 0 Å². The van der Waals surface area contributed by atoms with Crippen molar-refractivity contribution < 1.29 is 9.53 Å². The maximum absolute atomic E-state index is 12.9. The van der Waals surface area contributed by atoms with Crippen molar-refractivity contribution in [1.82, 2.24) is 14.9 Å². The van der Waals surface area contributed by atoms with E-state index in [0.29, 0.717) is 29.6 Å². The highest BCUT2D eigenvalue weighted by Gasteiger charge is 2.23. The number of aryl methyl sites for hydroxylation is 2. The summed E-state index contributed by atoms with van der Waals surface area (Å²) in [5, 5.41) is 3.68. The number of nitrogens with one attached hydrogen (secondary N) is 1. The predicted octanol–water partition coefficient (Wildman–Crippen LogP) is 4.90. The molecule has 0 bridgehead atoms. The molecule has 6 nitrogen and oxygen atoms in total. The van der Waals surface area contributed by atoms with Crippen molar-refractivity contribution in [2.45, 2.75) is 57.4 Å². The smallest absolute Gasteiger partial charge is 0.261 e. The minimum atomic E-state index is -0.124. The fourth-order valence-corrected chi connectivity index (χ4v) is 4.78. The highest BCUT2D eigenvalue weighted by Crippen LogP contribution is 2.23. The Balaban J connectivity index is 1.15. The summed E-state index contributed by atoms with van der Waals surface area (Å²) in [6.45, 7) is 1.19. The van der Waals surface area contributed by atoms with E-state index in [9.17, 15) is 9.59 Å². The SMILES string of the molecule is O=C(NC1CCC(OCc2ccccc2)CC1)c1ccc2c(=O)n(CCc3ccccc3)cnc2c1. The third kappa shape index (κ3) is 5.89. The van der Waals surface area contributed by atoms with Crippen LogP contribution in [-0.4, -0.2) is 27.6 Å². The van der Waals surface area contributed by atoms with Gasteiger partial charge in [0.2, 0.25) is 0 Å². The number of ether oxygens (including phenoxy) is 1. The van der Waals surface area contributed by atoms with Gasteiger partial charge in [-0.2, -0.15) is 0 Å². The van der Waals surface area contributed by atoms with Crippen LogP contribution in [0.25, 0.3) is 10.9 Å². The van der Waals surface area contributed by atoms with E-state index < -0.39 is 0 Å². The normalized spacial score (nSPS) is 17.7. The Hall–Kier alpha value is -3.77. The third-order valence-electron chi connectivity index (χ3n) is 6.91. The summed E-state index contributed by atoms with van der Waals surface area (Å²) in [7, 11) is 0. The molecule has 0 saturated heterocycles. The first-order valence-electron chi connectivity index (χ1n) is 12.7. The largest absolute Gasteiger partial charge is 0.374 e. The van der Waals surface area contributed by atoms with Crippen molar-refractivity contribution in [3.63, 3.8) is 0 Å². The van der Waals surface area contributed by atoms with Gasteiger partial charge in [-0.05, 0) is 61.4 Å². The summed E-state index contributed by atoms with van der Waals surface area (Å²) in [6.07, 6.45) is 6.21. The fourth-order valence-electron chi connectivity index (χ4n) is 4.78. The molecule has 5 rings (SSSR count). The molecule has 1 aliphatic rings. The Morgan fingerprint density at radius 3 is 2.33 bits per heavy atom. The second-order valence-electron chi connectivity index (χ2n) is 9.45. The predicted molar refractivity (Wildman–Crippen MR) is 141 cm³/mol. The zero-order chi connectivity index (χ0) is 24.7. The number of aromatic nitrogens is 2. The molecule has 0 atom stereocenters. The van der Waals surface area contributed by atoms with Crippen molar-refractivity contribution in [2.24, 2.45) is 0 Å². The zero-order valence-electron chi connectivity index (χ0n) is 20.3. The van der Waals surface area contributed by atoms with E-state index in [0.717, 1.165) is 32.1 Å². The summed E-state index contributed by atoms with van der Waals surface area (Å²) in [4.78, 5) is 30.3. The monoisotopic (exact) mass is 481 g/mol. The van der Waals surface area contributed by atoms with Crippen LogP contribution in [-0.2, 0) is 24.3 Å². The molecule has 0 aliphatic heterocycles. The van der Waals surface area contributed by atoms with Gasteiger partial charge in [0.25, 0.3) is 11.5 Å². The van der Waals surface area contributed by atoms with Gasteiger partial charge < -0.3 is 10.1 Å². The van der Waals surface area contributed by atoms with Gasteiger partial charge in [0.15, 0.2) is 0 Å². The van der Waals surface area contributed by atoms with Crippen molar-refractivity contribution in [3.8, 4) is 0 Å². The summed E-state index contributed by atoms with van der Waals surface area (Å²) in [6, 6.07) is 25.5. The van der Waals surface area contributed by atoms with E-state index in [1.54, 1.807) is 29.1 Å². The van der Waals surface area contributed by atoms with E-state index in [1.165, 1.54) is 11.1 Å². The van der Waals surface area contributed by atoms with Crippen LogP contribution in [0.5, 0.6) is 0 Å². The van der Waals surface area contributed by atoms with Gasteiger partial charge in [-0.1, -0.05) is 60.7 Å². The van der Waals surface area contributed by atoms with Crippen molar-refractivity contribution in [2.75, 3.05) is 0 Å². The lowest BCUT2D eigenvalue weighted by atomic mass is 9.92. The van der Waals surface area contributed by atoms with Crippen LogP contribution in [0, 0.1) is 0 Å². The van der Waals surface area contributed by atoms with Crippen LogP contribution in [0.15, 0.2) is 90.0 Å². The van der Waals surface area contributed by atoms with Gasteiger partial charge in [-0.25, -0.2) is 4.98 Å². The molecule has 4 aromatic rings. The lowest BCUT2D eigenvalue weighted by molar-refractivity contribution is 0.0113. The van der Waals surface area contributed by atoms with Crippen LogP contribution >= 0.6 is 0 Å². The average molecular weight is 482 g/mol. The van der Waals surface area contributed by atoms with E-state index in [2.05, 4.69) is 34.6 Å². The number of rotatable bonds is 8. The first-order valence-corrected chi connectivity index (χ1v) is 12.7. The van der Waals surface area contributed by atoms with E-state index >= 15 is 0 Å². The molecule has 1 fully saturated rings. The Morgan fingerprint density at radius 1 is 0.917 bits per heavy atom. The maximum Gasteiger partial charge on any atom is 0.261 e. The number of hydrogen-bond donors (Lipinski definition) is 1. The van der Waals surface area contributed by atoms with Gasteiger partial charge in [-0.3, -0.25) is 14.2 Å². The van der Waals surface area contributed by atoms with Crippen LogP contribution in [0.1, 0.15) is 47.2 Å². The molecule has 184 valence electrons. The third-order valence-corrected chi connectivity index (χ3v) is 6.91. The molecule has 1 heterocycles. The Labute approximate surface area is 211 Å². The number of carbonyl (C=O) groups is 1. The molecule has 1 N–H and O–H groups in total. The molecular formula is C30H31N3O3. The van der Waals surface area contributed by atoms with E-state index in [-0.39, 0.29) is 23.6 Å². The molecule has 6 heteroatoms. The Morgan fingerprint density at radius 2 is 1.61 bits per heavy atom. The summed E-state index contributed by atoms with van der Waals surface area (Å²) in [5.41, 5.74) is 3.34. The summed E-state index contributed by atoms with van der Waals surface area (Å²) >= 11 is 0. The van der Waals surface area contributed by atoms with Gasteiger partial charge in [0, 0.05) is 18.2 Å². The van der Waals surface area contributed by atoms with Crippen LogP contribution < -0.4 is 10.9 Å². The molecule has 1 aliphatic carbocycles.